The molecule has 2 aliphatic rings. The standard InChI is InChI=1S/C18H36N4O/c1-5-19-17(22-13-11-18(15-22)9-7-10-18)20-14-16(23-6-2)8-12-21(3)4/h16H,5-15H2,1-4H3,(H,19,20). The fraction of sp³-hybridized carbons (Fsp3) is 0.944. The van der Waals surface area contributed by atoms with Crippen molar-refractivity contribution in [2.24, 2.45) is 10.4 Å². The van der Waals surface area contributed by atoms with Gasteiger partial charge in [-0.2, -0.15) is 0 Å². The SMILES string of the molecule is CCNC(=NCC(CCN(C)C)OCC)N1CCC2(CCC2)C1. The van der Waals surface area contributed by atoms with Crippen molar-refractivity contribution in [3.05, 3.63) is 0 Å². The zero-order valence-corrected chi connectivity index (χ0v) is 15.6. The lowest BCUT2D eigenvalue weighted by atomic mass is 9.68. The van der Waals surface area contributed by atoms with Crippen LogP contribution in [-0.2, 0) is 4.74 Å². The van der Waals surface area contributed by atoms with Crippen molar-refractivity contribution < 1.29 is 4.74 Å². The molecule has 0 bridgehead atoms. The fourth-order valence-electron chi connectivity index (χ4n) is 3.68. The number of nitrogens with zero attached hydrogens (tertiary/aromatic N) is 3. The second-order valence-corrected chi connectivity index (χ2v) is 7.39. The van der Waals surface area contributed by atoms with E-state index in [0.29, 0.717) is 5.41 Å². The van der Waals surface area contributed by atoms with Gasteiger partial charge in [0.2, 0.25) is 0 Å². The first-order valence-corrected chi connectivity index (χ1v) is 9.38. The molecule has 1 aliphatic carbocycles. The predicted octanol–water partition coefficient (Wildman–Crippen LogP) is 2.18. The van der Waals surface area contributed by atoms with E-state index in [4.69, 9.17) is 9.73 Å². The molecule has 0 aromatic rings. The van der Waals surface area contributed by atoms with Gasteiger partial charge < -0.3 is 19.9 Å². The van der Waals surface area contributed by atoms with E-state index in [2.05, 4.69) is 43.1 Å². The molecule has 2 fully saturated rings. The summed E-state index contributed by atoms with van der Waals surface area (Å²) < 4.78 is 5.88. The van der Waals surface area contributed by atoms with Crippen molar-refractivity contribution in [3.8, 4) is 0 Å². The van der Waals surface area contributed by atoms with Crippen molar-refractivity contribution in [2.75, 3.05) is 53.4 Å². The molecule has 1 spiro atoms. The Morgan fingerprint density at radius 3 is 2.61 bits per heavy atom. The first-order valence-electron chi connectivity index (χ1n) is 9.38. The molecule has 1 atom stereocenters. The molecule has 1 saturated heterocycles. The van der Waals surface area contributed by atoms with Crippen LogP contribution in [0.1, 0.15) is 46.0 Å². The van der Waals surface area contributed by atoms with Crippen molar-refractivity contribution in [3.63, 3.8) is 0 Å². The minimum Gasteiger partial charge on any atom is -0.377 e. The quantitative estimate of drug-likeness (QED) is 0.549. The highest BCUT2D eigenvalue weighted by atomic mass is 16.5. The van der Waals surface area contributed by atoms with Gasteiger partial charge in [-0.3, -0.25) is 4.99 Å². The van der Waals surface area contributed by atoms with E-state index >= 15 is 0 Å². The molecule has 23 heavy (non-hydrogen) atoms. The molecular formula is C18H36N4O. The summed E-state index contributed by atoms with van der Waals surface area (Å²) in [7, 11) is 4.22. The van der Waals surface area contributed by atoms with Crippen LogP contribution in [0, 0.1) is 5.41 Å². The van der Waals surface area contributed by atoms with E-state index in [9.17, 15) is 0 Å². The molecule has 1 aliphatic heterocycles. The lowest BCUT2D eigenvalue weighted by Gasteiger charge is -2.38. The molecule has 0 amide bonds. The lowest BCUT2D eigenvalue weighted by molar-refractivity contribution is 0.0580. The van der Waals surface area contributed by atoms with Crippen LogP contribution >= 0.6 is 0 Å². The number of aliphatic imine (C=N–C) groups is 1. The number of nitrogens with one attached hydrogen (secondary N) is 1. The van der Waals surface area contributed by atoms with Gasteiger partial charge in [-0.25, -0.2) is 0 Å². The van der Waals surface area contributed by atoms with Crippen LogP contribution in [0.2, 0.25) is 0 Å². The summed E-state index contributed by atoms with van der Waals surface area (Å²) in [6.07, 6.45) is 6.83. The largest absolute Gasteiger partial charge is 0.377 e. The van der Waals surface area contributed by atoms with Gasteiger partial charge in [-0.15, -0.1) is 0 Å². The van der Waals surface area contributed by atoms with E-state index in [0.717, 1.165) is 45.2 Å². The van der Waals surface area contributed by atoms with E-state index in [1.807, 2.05) is 0 Å². The summed E-state index contributed by atoms with van der Waals surface area (Å²) in [6, 6.07) is 0. The normalized spacial score (nSPS) is 21.8. The van der Waals surface area contributed by atoms with Crippen molar-refractivity contribution in [2.45, 2.75) is 52.1 Å². The highest BCUT2D eigenvalue weighted by Crippen LogP contribution is 2.47. The molecule has 134 valence electrons. The summed E-state index contributed by atoms with van der Waals surface area (Å²) in [5, 5.41) is 3.48. The van der Waals surface area contributed by atoms with Crippen LogP contribution in [0.5, 0.6) is 0 Å². The van der Waals surface area contributed by atoms with Gasteiger partial charge in [-0.05, 0) is 59.0 Å². The van der Waals surface area contributed by atoms with Crippen LogP contribution in [-0.4, -0.2) is 75.3 Å². The van der Waals surface area contributed by atoms with E-state index in [1.165, 1.54) is 32.2 Å². The topological polar surface area (TPSA) is 40.1 Å². The van der Waals surface area contributed by atoms with Crippen molar-refractivity contribution >= 4 is 5.96 Å². The number of hydrogen-bond donors (Lipinski definition) is 1. The van der Waals surface area contributed by atoms with Gasteiger partial charge in [-0.1, -0.05) is 6.42 Å². The first kappa shape index (κ1) is 18.5. The van der Waals surface area contributed by atoms with E-state index < -0.39 is 0 Å². The minimum absolute atomic E-state index is 0.219. The maximum atomic E-state index is 5.88. The lowest BCUT2D eigenvalue weighted by Crippen LogP contribution is -2.43. The number of likely N-dealkylation sites (tertiary alicyclic amines) is 1. The fourth-order valence-corrected chi connectivity index (χ4v) is 3.68. The predicted molar refractivity (Wildman–Crippen MR) is 97.0 cm³/mol. The third-order valence-electron chi connectivity index (χ3n) is 5.23. The second-order valence-electron chi connectivity index (χ2n) is 7.39. The Hall–Kier alpha value is -0.810. The summed E-state index contributed by atoms with van der Waals surface area (Å²) in [5.41, 5.74) is 0.612. The second kappa shape index (κ2) is 8.88. The number of guanidine groups is 1. The van der Waals surface area contributed by atoms with E-state index in [1.54, 1.807) is 0 Å². The molecule has 1 unspecified atom stereocenters. The molecule has 0 aromatic heterocycles. The number of hydrogen-bond acceptors (Lipinski definition) is 3. The van der Waals surface area contributed by atoms with Crippen LogP contribution in [0.25, 0.3) is 0 Å². The smallest absolute Gasteiger partial charge is 0.194 e. The van der Waals surface area contributed by atoms with Crippen LogP contribution in [0.4, 0.5) is 0 Å². The average molecular weight is 325 g/mol. The maximum absolute atomic E-state index is 5.88. The van der Waals surface area contributed by atoms with Gasteiger partial charge in [0.15, 0.2) is 5.96 Å². The first-order chi connectivity index (χ1) is 11.1. The third-order valence-corrected chi connectivity index (χ3v) is 5.23. The molecule has 5 nitrogen and oxygen atoms in total. The monoisotopic (exact) mass is 324 g/mol. The van der Waals surface area contributed by atoms with Gasteiger partial charge in [0.1, 0.15) is 0 Å². The van der Waals surface area contributed by atoms with Gasteiger partial charge in [0.25, 0.3) is 0 Å². The van der Waals surface area contributed by atoms with Crippen LogP contribution in [0.15, 0.2) is 4.99 Å². The maximum Gasteiger partial charge on any atom is 0.194 e. The zero-order chi connectivity index (χ0) is 16.7. The highest BCUT2D eigenvalue weighted by molar-refractivity contribution is 5.80. The summed E-state index contributed by atoms with van der Waals surface area (Å²) in [6.45, 7) is 10.1. The molecule has 1 saturated carbocycles. The summed E-state index contributed by atoms with van der Waals surface area (Å²) in [5.74, 6) is 1.09. The van der Waals surface area contributed by atoms with Crippen LogP contribution < -0.4 is 5.32 Å². The Balaban J connectivity index is 1.90. The number of rotatable bonds is 8. The molecule has 2 rings (SSSR count). The average Bonchev–Trinajstić information content (AvgIpc) is 2.94. The van der Waals surface area contributed by atoms with Crippen molar-refractivity contribution in [1.82, 2.24) is 15.1 Å². The Labute approximate surface area is 142 Å². The van der Waals surface area contributed by atoms with Crippen LogP contribution in [0.3, 0.4) is 0 Å². The molecular weight excluding hydrogens is 288 g/mol. The molecule has 5 heteroatoms. The molecule has 0 radical (unpaired) electrons. The molecule has 1 heterocycles. The van der Waals surface area contributed by atoms with Gasteiger partial charge >= 0.3 is 0 Å². The van der Waals surface area contributed by atoms with Gasteiger partial charge in [0, 0.05) is 32.8 Å². The van der Waals surface area contributed by atoms with E-state index in [-0.39, 0.29) is 6.10 Å². The summed E-state index contributed by atoms with van der Waals surface area (Å²) >= 11 is 0. The van der Waals surface area contributed by atoms with Crippen molar-refractivity contribution in [1.29, 1.82) is 0 Å². The highest BCUT2D eigenvalue weighted by Gasteiger charge is 2.43. The number of ether oxygens (including phenoxy) is 1. The molecule has 1 N–H and O–H groups in total. The summed E-state index contributed by atoms with van der Waals surface area (Å²) in [4.78, 5) is 9.58. The van der Waals surface area contributed by atoms with Gasteiger partial charge in [0.05, 0.1) is 12.6 Å². The Kier molecular flexibility index (Phi) is 7.15. The Morgan fingerprint density at radius 2 is 2.09 bits per heavy atom. The minimum atomic E-state index is 0.219. The Bertz CT molecular complexity index is 379. The molecule has 0 aromatic carbocycles. The zero-order valence-electron chi connectivity index (χ0n) is 15.6. The third kappa shape index (κ3) is 5.35. The Morgan fingerprint density at radius 1 is 1.30 bits per heavy atom.